The summed E-state index contributed by atoms with van der Waals surface area (Å²) in [6, 6.07) is 59.6. The Morgan fingerprint density at radius 3 is 1.86 bits per heavy atom. The van der Waals surface area contributed by atoms with Crippen molar-refractivity contribution >= 4 is 27.8 Å². The van der Waals surface area contributed by atoms with Gasteiger partial charge in [-0.05, 0) is 97.7 Å². The molecule has 0 saturated carbocycles. The molecular formula is C43H33N. The Balaban J connectivity index is 1.18. The van der Waals surface area contributed by atoms with Gasteiger partial charge in [-0.1, -0.05) is 135 Å². The van der Waals surface area contributed by atoms with Gasteiger partial charge in [0.2, 0.25) is 0 Å². The van der Waals surface area contributed by atoms with Crippen LogP contribution in [-0.4, -0.2) is 0 Å². The molecule has 1 nitrogen and oxygen atoms in total. The Labute approximate surface area is 259 Å². The van der Waals surface area contributed by atoms with Crippen LogP contribution in [0.25, 0.3) is 44.2 Å². The van der Waals surface area contributed by atoms with E-state index in [0.29, 0.717) is 0 Å². The van der Waals surface area contributed by atoms with Crippen molar-refractivity contribution in [2.75, 3.05) is 4.90 Å². The van der Waals surface area contributed by atoms with Gasteiger partial charge in [-0.25, -0.2) is 0 Å². The number of hydrogen-bond donors (Lipinski definition) is 0. The minimum Gasteiger partial charge on any atom is -0.310 e. The molecule has 0 radical (unpaired) electrons. The summed E-state index contributed by atoms with van der Waals surface area (Å²) in [6.45, 7) is 4.69. The number of hydrogen-bond acceptors (Lipinski definition) is 1. The van der Waals surface area contributed by atoms with E-state index in [1.54, 1.807) is 0 Å². The van der Waals surface area contributed by atoms with Crippen molar-refractivity contribution in [3.05, 3.63) is 175 Å². The molecule has 1 aliphatic rings. The molecule has 8 rings (SSSR count). The first-order valence-corrected chi connectivity index (χ1v) is 15.4. The van der Waals surface area contributed by atoms with Gasteiger partial charge >= 0.3 is 0 Å². The van der Waals surface area contributed by atoms with Gasteiger partial charge in [0.05, 0.1) is 0 Å². The first-order valence-electron chi connectivity index (χ1n) is 15.4. The van der Waals surface area contributed by atoms with Crippen LogP contribution >= 0.6 is 0 Å². The summed E-state index contributed by atoms with van der Waals surface area (Å²) < 4.78 is 0. The second kappa shape index (κ2) is 10.4. The van der Waals surface area contributed by atoms with Crippen LogP contribution in [0.15, 0.2) is 164 Å². The number of rotatable bonds is 5. The van der Waals surface area contributed by atoms with Crippen molar-refractivity contribution in [3.63, 3.8) is 0 Å². The average molecular weight is 564 g/mol. The summed E-state index contributed by atoms with van der Waals surface area (Å²) in [6.07, 6.45) is 0. The Morgan fingerprint density at radius 2 is 1.00 bits per heavy atom. The summed E-state index contributed by atoms with van der Waals surface area (Å²) in [5.41, 5.74) is 13.8. The zero-order chi connectivity index (χ0) is 29.7. The van der Waals surface area contributed by atoms with Gasteiger partial charge in [0.15, 0.2) is 0 Å². The highest BCUT2D eigenvalue weighted by atomic mass is 15.1. The lowest BCUT2D eigenvalue weighted by molar-refractivity contribution is 0.660. The molecule has 0 bridgehead atoms. The summed E-state index contributed by atoms with van der Waals surface area (Å²) in [4.78, 5) is 2.37. The molecular weight excluding hydrogens is 530 g/mol. The Kier molecular flexibility index (Phi) is 6.20. The van der Waals surface area contributed by atoms with E-state index < -0.39 is 0 Å². The highest BCUT2D eigenvalue weighted by Gasteiger charge is 2.35. The lowest BCUT2D eigenvalue weighted by atomic mass is 9.82. The molecule has 0 atom stereocenters. The number of fused-ring (bicyclic) bond motifs is 4. The molecule has 0 N–H and O–H groups in total. The second-order valence-electron chi connectivity index (χ2n) is 12.2. The van der Waals surface area contributed by atoms with E-state index in [1.165, 1.54) is 61.0 Å². The standard InChI is InChI=1S/C43H33N/c1-43(2)41-21-9-8-19-39(41)40-27-26-36(29-42(40)43)44(34-16-4-3-5-17-34)35-24-22-30(23-25-35)32-14-10-15-33(28-32)38-20-11-13-31-12-6-7-18-37(31)38/h3-29H,1-2H3. The Bertz CT molecular complexity index is 2130. The molecule has 0 amide bonds. The van der Waals surface area contributed by atoms with Crippen LogP contribution in [-0.2, 0) is 5.41 Å². The molecule has 7 aromatic rings. The number of benzene rings is 7. The van der Waals surface area contributed by atoms with E-state index in [2.05, 4.69) is 183 Å². The quantitative estimate of drug-likeness (QED) is 0.201. The van der Waals surface area contributed by atoms with Gasteiger partial charge in [0, 0.05) is 22.5 Å². The predicted octanol–water partition coefficient (Wildman–Crippen LogP) is 11.9. The van der Waals surface area contributed by atoms with Crippen LogP contribution in [0.5, 0.6) is 0 Å². The van der Waals surface area contributed by atoms with E-state index in [4.69, 9.17) is 0 Å². The smallest absolute Gasteiger partial charge is 0.0465 e. The normalized spacial score (nSPS) is 13.0. The molecule has 210 valence electrons. The van der Waals surface area contributed by atoms with E-state index in [-0.39, 0.29) is 5.41 Å². The molecule has 0 aromatic heterocycles. The lowest BCUT2D eigenvalue weighted by Crippen LogP contribution is -2.16. The summed E-state index contributed by atoms with van der Waals surface area (Å²) in [5.74, 6) is 0. The van der Waals surface area contributed by atoms with Crippen molar-refractivity contribution in [2.45, 2.75) is 19.3 Å². The fourth-order valence-electron chi connectivity index (χ4n) is 7.00. The third-order valence-electron chi connectivity index (χ3n) is 9.26. The summed E-state index contributed by atoms with van der Waals surface area (Å²) in [5, 5.41) is 2.54. The van der Waals surface area contributed by atoms with Crippen LogP contribution in [0, 0.1) is 0 Å². The lowest BCUT2D eigenvalue weighted by Gasteiger charge is -2.28. The van der Waals surface area contributed by atoms with E-state index in [0.717, 1.165) is 11.4 Å². The van der Waals surface area contributed by atoms with E-state index in [9.17, 15) is 0 Å². The highest BCUT2D eigenvalue weighted by molar-refractivity contribution is 5.97. The largest absolute Gasteiger partial charge is 0.310 e. The second-order valence-corrected chi connectivity index (χ2v) is 12.2. The van der Waals surface area contributed by atoms with Crippen LogP contribution < -0.4 is 4.90 Å². The Morgan fingerprint density at radius 1 is 0.386 bits per heavy atom. The minimum atomic E-state index is -0.0523. The molecule has 0 saturated heterocycles. The number of anilines is 3. The zero-order valence-electron chi connectivity index (χ0n) is 25.0. The molecule has 1 heteroatoms. The maximum absolute atomic E-state index is 2.39. The molecule has 0 spiro atoms. The van der Waals surface area contributed by atoms with Crippen molar-refractivity contribution in [3.8, 4) is 33.4 Å². The average Bonchev–Trinajstić information content (AvgIpc) is 3.31. The molecule has 0 heterocycles. The Hall–Kier alpha value is -5.40. The van der Waals surface area contributed by atoms with Gasteiger partial charge < -0.3 is 4.90 Å². The van der Waals surface area contributed by atoms with Crippen molar-refractivity contribution < 1.29 is 0 Å². The van der Waals surface area contributed by atoms with Gasteiger partial charge in [0.1, 0.15) is 0 Å². The van der Waals surface area contributed by atoms with Crippen molar-refractivity contribution in [1.82, 2.24) is 0 Å². The maximum Gasteiger partial charge on any atom is 0.0465 e. The zero-order valence-corrected chi connectivity index (χ0v) is 25.0. The third-order valence-corrected chi connectivity index (χ3v) is 9.26. The molecule has 44 heavy (non-hydrogen) atoms. The van der Waals surface area contributed by atoms with Crippen LogP contribution in [0.2, 0.25) is 0 Å². The first-order chi connectivity index (χ1) is 21.6. The molecule has 7 aromatic carbocycles. The van der Waals surface area contributed by atoms with Gasteiger partial charge in [0.25, 0.3) is 0 Å². The SMILES string of the molecule is CC1(C)c2ccccc2-c2ccc(N(c3ccccc3)c3ccc(-c4cccc(-c5cccc6ccccc56)c4)cc3)cc21. The third kappa shape index (κ3) is 4.32. The molecule has 0 aliphatic heterocycles. The van der Waals surface area contributed by atoms with E-state index in [1.807, 2.05) is 0 Å². The summed E-state index contributed by atoms with van der Waals surface area (Å²) in [7, 11) is 0. The first kappa shape index (κ1) is 26.2. The molecule has 1 aliphatic carbocycles. The fraction of sp³-hybridized carbons (Fsp3) is 0.0698. The van der Waals surface area contributed by atoms with Gasteiger partial charge in [-0.15, -0.1) is 0 Å². The van der Waals surface area contributed by atoms with Crippen molar-refractivity contribution in [2.24, 2.45) is 0 Å². The number of para-hydroxylation sites is 1. The van der Waals surface area contributed by atoms with Gasteiger partial charge in [-0.3, -0.25) is 0 Å². The fourth-order valence-corrected chi connectivity index (χ4v) is 7.00. The molecule has 0 fully saturated rings. The minimum absolute atomic E-state index is 0.0523. The van der Waals surface area contributed by atoms with Crippen LogP contribution in [0.4, 0.5) is 17.1 Å². The van der Waals surface area contributed by atoms with Crippen LogP contribution in [0.3, 0.4) is 0 Å². The van der Waals surface area contributed by atoms with E-state index >= 15 is 0 Å². The highest BCUT2D eigenvalue weighted by Crippen LogP contribution is 2.50. The summed E-state index contributed by atoms with van der Waals surface area (Å²) >= 11 is 0. The molecule has 0 unspecified atom stereocenters. The predicted molar refractivity (Wildman–Crippen MR) is 187 cm³/mol. The van der Waals surface area contributed by atoms with Crippen LogP contribution in [0.1, 0.15) is 25.0 Å². The monoisotopic (exact) mass is 563 g/mol. The maximum atomic E-state index is 2.39. The topological polar surface area (TPSA) is 3.24 Å². The van der Waals surface area contributed by atoms with Crippen molar-refractivity contribution in [1.29, 1.82) is 0 Å². The number of nitrogens with zero attached hydrogens (tertiary/aromatic N) is 1. The van der Waals surface area contributed by atoms with Gasteiger partial charge in [-0.2, -0.15) is 0 Å².